The number of amides is 1. The van der Waals surface area contributed by atoms with E-state index >= 15 is 0 Å². The number of benzene rings is 1. The molecule has 0 aliphatic carbocycles. The van der Waals surface area contributed by atoms with E-state index in [1.807, 2.05) is 0 Å². The lowest BCUT2D eigenvalue weighted by Crippen LogP contribution is -2.21. The van der Waals surface area contributed by atoms with Gasteiger partial charge in [0.1, 0.15) is 17.5 Å². The van der Waals surface area contributed by atoms with Crippen molar-refractivity contribution < 1.29 is 13.6 Å². The van der Waals surface area contributed by atoms with Gasteiger partial charge in [0.25, 0.3) is 5.91 Å². The number of rotatable bonds is 2. The summed E-state index contributed by atoms with van der Waals surface area (Å²) < 4.78 is 28.7. The normalized spacial score (nSPS) is 17.8. The van der Waals surface area contributed by atoms with Crippen molar-refractivity contribution in [2.45, 2.75) is 25.3 Å². The Morgan fingerprint density at radius 2 is 2.20 bits per heavy atom. The zero-order chi connectivity index (χ0) is 14.3. The summed E-state index contributed by atoms with van der Waals surface area (Å²) in [5.74, 6) is -1.27. The predicted octanol–water partition coefficient (Wildman–Crippen LogP) is 1.58. The minimum atomic E-state index is -0.731. The maximum atomic E-state index is 13.9. The fourth-order valence-corrected chi connectivity index (χ4v) is 2.51. The van der Waals surface area contributed by atoms with Gasteiger partial charge in [-0.3, -0.25) is 4.79 Å². The summed E-state index contributed by atoms with van der Waals surface area (Å²) in [5, 5.41) is 4.02. The number of halogens is 2. The molecule has 3 rings (SSSR count). The van der Waals surface area contributed by atoms with Crippen molar-refractivity contribution >= 4 is 5.91 Å². The zero-order valence-electron chi connectivity index (χ0n) is 10.5. The maximum Gasteiger partial charge on any atom is 0.288 e. The number of aryl methyl sites for hydroxylation is 1. The van der Waals surface area contributed by atoms with Crippen LogP contribution in [-0.2, 0) is 6.42 Å². The minimum Gasteiger partial charge on any atom is -0.363 e. The molecule has 1 amide bonds. The fourth-order valence-electron chi connectivity index (χ4n) is 2.51. The second-order valence-electron chi connectivity index (χ2n) is 4.73. The van der Waals surface area contributed by atoms with E-state index in [-0.39, 0.29) is 11.4 Å². The molecule has 20 heavy (non-hydrogen) atoms. The van der Waals surface area contributed by atoms with Gasteiger partial charge in [0.15, 0.2) is 0 Å². The topological polar surface area (TPSA) is 73.8 Å². The summed E-state index contributed by atoms with van der Waals surface area (Å²) in [6.45, 7) is 0. The Labute approximate surface area is 113 Å². The van der Waals surface area contributed by atoms with Gasteiger partial charge in [0.05, 0.1) is 6.04 Å². The molecule has 1 aromatic heterocycles. The second-order valence-corrected chi connectivity index (χ2v) is 4.73. The Hall–Kier alpha value is -2.31. The van der Waals surface area contributed by atoms with E-state index in [0.29, 0.717) is 18.7 Å². The quantitative estimate of drug-likeness (QED) is 0.906. The number of hydrogen-bond acceptors (Lipinski definition) is 3. The van der Waals surface area contributed by atoms with Crippen molar-refractivity contribution in [2.75, 3.05) is 0 Å². The zero-order valence-corrected chi connectivity index (χ0v) is 10.5. The highest BCUT2D eigenvalue weighted by Crippen LogP contribution is 2.31. The Morgan fingerprint density at radius 1 is 1.40 bits per heavy atom. The average Bonchev–Trinajstić information content (AvgIpc) is 2.85. The van der Waals surface area contributed by atoms with Crippen molar-refractivity contribution in [2.24, 2.45) is 5.73 Å². The molecule has 1 aliphatic rings. The predicted molar refractivity (Wildman–Crippen MR) is 66.0 cm³/mol. The smallest absolute Gasteiger partial charge is 0.288 e. The number of fused-ring (bicyclic) bond motifs is 1. The second kappa shape index (κ2) is 4.66. The van der Waals surface area contributed by atoms with Crippen LogP contribution in [0.2, 0.25) is 0 Å². The molecular formula is C13H12F2N4O. The van der Waals surface area contributed by atoms with Crippen LogP contribution < -0.4 is 5.73 Å². The Balaban J connectivity index is 2.09. The van der Waals surface area contributed by atoms with E-state index in [1.54, 1.807) is 0 Å². The largest absolute Gasteiger partial charge is 0.363 e. The highest BCUT2D eigenvalue weighted by molar-refractivity contribution is 5.88. The SMILES string of the molecule is NC(=O)c1nc2n(n1)C(c1cc(F)ccc1F)CCC2. The van der Waals surface area contributed by atoms with Gasteiger partial charge in [-0.25, -0.2) is 18.4 Å². The van der Waals surface area contributed by atoms with E-state index in [2.05, 4.69) is 10.1 Å². The molecule has 104 valence electrons. The number of primary amides is 1. The number of aromatic nitrogens is 3. The summed E-state index contributed by atoms with van der Waals surface area (Å²) in [7, 11) is 0. The van der Waals surface area contributed by atoms with Crippen molar-refractivity contribution in [1.29, 1.82) is 0 Å². The van der Waals surface area contributed by atoms with Crippen molar-refractivity contribution in [3.8, 4) is 0 Å². The molecule has 1 unspecified atom stereocenters. The monoisotopic (exact) mass is 278 g/mol. The molecule has 0 saturated heterocycles. The van der Waals surface area contributed by atoms with Gasteiger partial charge in [0.2, 0.25) is 5.82 Å². The van der Waals surface area contributed by atoms with Gasteiger partial charge in [0, 0.05) is 12.0 Å². The fraction of sp³-hybridized carbons (Fsp3) is 0.308. The summed E-state index contributed by atoms with van der Waals surface area (Å²) in [4.78, 5) is 15.2. The first-order valence-corrected chi connectivity index (χ1v) is 6.26. The molecule has 0 saturated carbocycles. The lowest BCUT2D eigenvalue weighted by Gasteiger charge is -2.24. The minimum absolute atomic E-state index is 0.0938. The highest BCUT2D eigenvalue weighted by atomic mass is 19.1. The van der Waals surface area contributed by atoms with Gasteiger partial charge < -0.3 is 5.73 Å². The van der Waals surface area contributed by atoms with Gasteiger partial charge in [-0.15, -0.1) is 5.10 Å². The van der Waals surface area contributed by atoms with E-state index in [0.717, 1.165) is 24.6 Å². The summed E-state index contributed by atoms with van der Waals surface area (Å²) in [6, 6.07) is 2.85. The number of hydrogen-bond donors (Lipinski definition) is 1. The standard InChI is InChI=1S/C13H12F2N4O/c14-7-4-5-9(15)8(6-7)10-2-1-3-11-17-13(12(16)20)18-19(10)11/h4-6,10H,1-3H2,(H2,16,20). The van der Waals surface area contributed by atoms with Crippen LogP contribution in [0.3, 0.4) is 0 Å². The van der Waals surface area contributed by atoms with E-state index in [4.69, 9.17) is 5.73 Å². The molecule has 1 aliphatic heterocycles. The van der Waals surface area contributed by atoms with Crippen LogP contribution in [0.15, 0.2) is 18.2 Å². The van der Waals surface area contributed by atoms with Crippen molar-refractivity contribution in [3.63, 3.8) is 0 Å². The van der Waals surface area contributed by atoms with Crippen LogP contribution in [0, 0.1) is 11.6 Å². The Morgan fingerprint density at radius 3 is 2.95 bits per heavy atom. The molecule has 2 N–H and O–H groups in total. The first-order chi connectivity index (χ1) is 9.56. The molecule has 0 bridgehead atoms. The molecule has 7 heteroatoms. The highest BCUT2D eigenvalue weighted by Gasteiger charge is 2.27. The number of carbonyl (C=O) groups excluding carboxylic acids is 1. The molecule has 5 nitrogen and oxygen atoms in total. The molecule has 0 spiro atoms. The van der Waals surface area contributed by atoms with Crippen molar-refractivity contribution in [3.05, 3.63) is 47.0 Å². The Kier molecular flexibility index (Phi) is 2.96. The third-order valence-electron chi connectivity index (χ3n) is 3.41. The average molecular weight is 278 g/mol. The van der Waals surface area contributed by atoms with E-state index in [9.17, 15) is 13.6 Å². The van der Waals surface area contributed by atoms with Crippen LogP contribution in [-0.4, -0.2) is 20.7 Å². The molecular weight excluding hydrogens is 266 g/mol. The van der Waals surface area contributed by atoms with Crippen molar-refractivity contribution in [1.82, 2.24) is 14.8 Å². The lowest BCUT2D eigenvalue weighted by atomic mass is 9.97. The van der Waals surface area contributed by atoms with E-state index in [1.165, 1.54) is 4.68 Å². The molecule has 0 fully saturated rings. The molecule has 2 aromatic rings. The van der Waals surface area contributed by atoms with Crippen LogP contribution in [0.5, 0.6) is 0 Å². The first kappa shape index (κ1) is 12.7. The summed E-state index contributed by atoms with van der Waals surface area (Å²) in [6.07, 6.45) is 2.00. The van der Waals surface area contributed by atoms with Crippen LogP contribution in [0.4, 0.5) is 8.78 Å². The summed E-state index contributed by atoms with van der Waals surface area (Å²) >= 11 is 0. The third-order valence-corrected chi connectivity index (χ3v) is 3.41. The molecule has 0 radical (unpaired) electrons. The number of nitrogens with zero attached hydrogens (tertiary/aromatic N) is 3. The molecule has 2 heterocycles. The number of carbonyl (C=O) groups is 1. The van der Waals surface area contributed by atoms with Gasteiger partial charge >= 0.3 is 0 Å². The Bertz CT molecular complexity index is 683. The molecule has 1 atom stereocenters. The third kappa shape index (κ3) is 2.04. The lowest BCUT2D eigenvalue weighted by molar-refractivity contribution is 0.0990. The van der Waals surface area contributed by atoms with Crippen LogP contribution in [0.25, 0.3) is 0 Å². The summed E-state index contributed by atoms with van der Waals surface area (Å²) in [5.41, 5.74) is 5.37. The van der Waals surface area contributed by atoms with Crippen LogP contribution in [0.1, 0.15) is 40.9 Å². The van der Waals surface area contributed by atoms with E-state index < -0.39 is 23.6 Å². The van der Waals surface area contributed by atoms with Gasteiger partial charge in [-0.05, 0) is 31.0 Å². The maximum absolute atomic E-state index is 13.9. The first-order valence-electron chi connectivity index (χ1n) is 6.26. The molecule has 1 aromatic carbocycles. The van der Waals surface area contributed by atoms with Crippen LogP contribution >= 0.6 is 0 Å². The van der Waals surface area contributed by atoms with Gasteiger partial charge in [-0.1, -0.05) is 0 Å². The van der Waals surface area contributed by atoms with Gasteiger partial charge in [-0.2, -0.15) is 0 Å². The number of nitrogens with two attached hydrogens (primary N) is 1.